The largest absolute Gasteiger partial charge is 0.478 e. The summed E-state index contributed by atoms with van der Waals surface area (Å²) in [4.78, 5) is 34.9. The molecule has 0 fully saturated rings. The van der Waals surface area contributed by atoms with Crippen molar-refractivity contribution in [2.75, 3.05) is 0 Å². The van der Waals surface area contributed by atoms with Gasteiger partial charge in [-0.25, -0.2) is 9.18 Å². The normalized spacial score (nSPS) is 12.6. The molecule has 0 aliphatic heterocycles. The van der Waals surface area contributed by atoms with Crippen molar-refractivity contribution < 1.29 is 14.3 Å². The lowest BCUT2D eigenvalue weighted by Crippen LogP contribution is -2.16. The quantitative estimate of drug-likeness (QED) is 0.300. The van der Waals surface area contributed by atoms with Crippen molar-refractivity contribution in [1.29, 1.82) is 0 Å². The summed E-state index contributed by atoms with van der Waals surface area (Å²) in [6.07, 6.45) is 1.95. The number of nitrogens with zero attached hydrogens (tertiary/aromatic N) is 2. The van der Waals surface area contributed by atoms with Crippen LogP contribution < -0.4 is 5.56 Å². The van der Waals surface area contributed by atoms with E-state index in [9.17, 15) is 18.9 Å². The number of pyridine rings is 1. The second-order valence-corrected chi connectivity index (χ2v) is 8.83. The molecule has 2 unspecified atom stereocenters. The number of hydrogen-bond donors (Lipinski definition) is 1. The zero-order valence-corrected chi connectivity index (χ0v) is 19.9. The first kappa shape index (κ1) is 24.7. The summed E-state index contributed by atoms with van der Waals surface area (Å²) in [6.45, 7) is 1.83. The third kappa shape index (κ3) is 5.30. The number of benzene rings is 3. The molecule has 2 atom stereocenters. The summed E-state index contributed by atoms with van der Waals surface area (Å²) in [7, 11) is 1.62. The molecule has 0 aliphatic rings. The van der Waals surface area contributed by atoms with Gasteiger partial charge in [0.2, 0.25) is 5.56 Å². The summed E-state index contributed by atoms with van der Waals surface area (Å²) < 4.78 is 15.3. The average Bonchev–Trinajstić information content (AvgIpc) is 2.87. The van der Waals surface area contributed by atoms with E-state index < -0.39 is 12.0 Å². The molecule has 4 rings (SSSR count). The summed E-state index contributed by atoms with van der Waals surface area (Å²) in [6, 6.07) is 21.3. The number of aromatic nitrogens is 1. The zero-order chi connectivity index (χ0) is 25.8. The minimum absolute atomic E-state index is 0.179. The molecule has 182 valence electrons. The fraction of sp³-hybridized carbons (Fsp3) is 0.172. The number of carboxylic acids is 1. The molecule has 0 aliphatic carbocycles. The monoisotopic (exact) mass is 484 g/mol. The van der Waals surface area contributed by atoms with Crippen LogP contribution in [0.4, 0.5) is 4.39 Å². The third-order valence-electron chi connectivity index (χ3n) is 6.47. The summed E-state index contributed by atoms with van der Waals surface area (Å²) in [5.74, 6) is -1.57. The van der Waals surface area contributed by atoms with E-state index in [-0.39, 0.29) is 22.9 Å². The number of aromatic carboxylic acids is 1. The second-order valence-electron chi connectivity index (χ2n) is 8.83. The van der Waals surface area contributed by atoms with E-state index >= 15 is 0 Å². The van der Waals surface area contributed by atoms with Gasteiger partial charge in [0, 0.05) is 25.2 Å². The number of aryl methyl sites for hydroxylation is 2. The topological polar surface area (TPSA) is 88.7 Å². The van der Waals surface area contributed by atoms with Crippen molar-refractivity contribution >= 4 is 5.97 Å². The first-order valence-corrected chi connectivity index (χ1v) is 11.5. The van der Waals surface area contributed by atoms with Crippen molar-refractivity contribution in [2.45, 2.75) is 25.3 Å². The van der Waals surface area contributed by atoms with E-state index in [0.29, 0.717) is 12.0 Å². The van der Waals surface area contributed by atoms with Gasteiger partial charge in [-0.1, -0.05) is 47.6 Å². The van der Waals surface area contributed by atoms with Crippen LogP contribution in [0, 0.1) is 17.6 Å². The Morgan fingerprint density at radius 3 is 2.11 bits per heavy atom. The van der Waals surface area contributed by atoms with Crippen LogP contribution in [0.3, 0.4) is 0 Å². The van der Waals surface area contributed by atoms with E-state index in [1.54, 1.807) is 49.6 Å². The number of halogens is 1. The van der Waals surface area contributed by atoms with Gasteiger partial charge in [-0.2, -0.15) is 4.91 Å². The molecule has 1 N–H and O–H groups in total. The van der Waals surface area contributed by atoms with Crippen LogP contribution in [0.25, 0.3) is 11.1 Å². The van der Waals surface area contributed by atoms with Crippen molar-refractivity contribution in [3.8, 4) is 11.1 Å². The Morgan fingerprint density at radius 2 is 1.56 bits per heavy atom. The van der Waals surface area contributed by atoms with Crippen LogP contribution in [0.15, 0.2) is 95.0 Å². The molecule has 3 aromatic carbocycles. The highest BCUT2D eigenvalue weighted by Crippen LogP contribution is 2.38. The lowest BCUT2D eigenvalue weighted by Gasteiger charge is -2.23. The molecule has 0 radical (unpaired) electrons. The summed E-state index contributed by atoms with van der Waals surface area (Å²) in [5.41, 5.74) is 5.02. The predicted octanol–water partition coefficient (Wildman–Crippen LogP) is 6.23. The Balaban J connectivity index is 1.71. The number of carbonyl (C=O) groups is 1. The van der Waals surface area contributed by atoms with Gasteiger partial charge >= 0.3 is 5.97 Å². The Kier molecular flexibility index (Phi) is 7.20. The molecule has 0 spiro atoms. The standard InChI is InChI=1S/C29H25FN2O4/c1-18-15-24(30)12-13-25(18)26(16-27(31-36)23-11-14-28(33)32(2)17-23)21-7-3-19(4-8-21)20-5-9-22(10-6-20)29(34)35/h3-15,17,26-27H,16H2,1-2H3,(H,34,35). The van der Waals surface area contributed by atoms with Gasteiger partial charge in [0.15, 0.2) is 0 Å². The van der Waals surface area contributed by atoms with Crippen molar-refractivity contribution in [1.82, 2.24) is 4.57 Å². The molecule has 1 aromatic heterocycles. The molecular formula is C29H25FN2O4. The Labute approximate surface area is 207 Å². The Hall–Kier alpha value is -4.39. The first-order chi connectivity index (χ1) is 17.3. The molecule has 4 aromatic rings. The molecule has 0 amide bonds. The minimum atomic E-state index is -0.980. The minimum Gasteiger partial charge on any atom is -0.478 e. The van der Waals surface area contributed by atoms with Crippen LogP contribution in [-0.2, 0) is 7.05 Å². The fourth-order valence-corrected chi connectivity index (χ4v) is 4.46. The molecule has 7 heteroatoms. The smallest absolute Gasteiger partial charge is 0.335 e. The van der Waals surface area contributed by atoms with Gasteiger partial charge in [0.1, 0.15) is 11.9 Å². The molecule has 0 saturated carbocycles. The van der Waals surface area contributed by atoms with Crippen molar-refractivity contribution in [2.24, 2.45) is 12.2 Å². The maximum atomic E-state index is 13.9. The van der Waals surface area contributed by atoms with Crippen LogP contribution in [0.1, 0.15) is 51.0 Å². The Bertz CT molecular complexity index is 1460. The van der Waals surface area contributed by atoms with Gasteiger partial charge in [-0.3, -0.25) is 4.79 Å². The van der Waals surface area contributed by atoms with Crippen molar-refractivity contribution in [3.63, 3.8) is 0 Å². The SMILES string of the molecule is Cc1cc(F)ccc1C(CC(N=O)c1ccc(=O)n(C)c1)c1ccc(-c2ccc(C(=O)O)cc2)cc1. The van der Waals surface area contributed by atoms with E-state index in [2.05, 4.69) is 5.18 Å². The number of hydrogen-bond acceptors (Lipinski definition) is 4. The van der Waals surface area contributed by atoms with Crippen LogP contribution >= 0.6 is 0 Å². The highest BCUT2D eigenvalue weighted by Gasteiger charge is 2.24. The third-order valence-corrected chi connectivity index (χ3v) is 6.47. The Morgan fingerprint density at radius 1 is 0.944 bits per heavy atom. The fourth-order valence-electron chi connectivity index (χ4n) is 4.46. The van der Waals surface area contributed by atoms with E-state index in [4.69, 9.17) is 5.11 Å². The molecular weight excluding hydrogens is 459 g/mol. The molecule has 0 saturated heterocycles. The maximum Gasteiger partial charge on any atom is 0.335 e. The first-order valence-electron chi connectivity index (χ1n) is 11.5. The van der Waals surface area contributed by atoms with Crippen LogP contribution in [0.2, 0.25) is 0 Å². The highest BCUT2D eigenvalue weighted by atomic mass is 19.1. The van der Waals surface area contributed by atoms with Crippen molar-refractivity contribution in [3.05, 3.63) is 134 Å². The second kappa shape index (κ2) is 10.5. The molecule has 36 heavy (non-hydrogen) atoms. The van der Waals surface area contributed by atoms with Crippen LogP contribution in [0.5, 0.6) is 0 Å². The van der Waals surface area contributed by atoms with Gasteiger partial charge in [0.25, 0.3) is 0 Å². The lowest BCUT2D eigenvalue weighted by atomic mass is 9.82. The highest BCUT2D eigenvalue weighted by molar-refractivity contribution is 5.88. The van der Waals surface area contributed by atoms with E-state index in [1.807, 2.05) is 31.2 Å². The van der Waals surface area contributed by atoms with E-state index in [0.717, 1.165) is 27.8 Å². The molecule has 1 heterocycles. The molecule has 6 nitrogen and oxygen atoms in total. The van der Waals surface area contributed by atoms with Crippen LogP contribution in [-0.4, -0.2) is 15.6 Å². The predicted molar refractivity (Wildman–Crippen MR) is 137 cm³/mol. The number of nitroso groups, excluding NO2 is 1. The van der Waals surface area contributed by atoms with Gasteiger partial charge in [-0.05, 0) is 77.1 Å². The molecule has 0 bridgehead atoms. The zero-order valence-electron chi connectivity index (χ0n) is 19.9. The lowest BCUT2D eigenvalue weighted by molar-refractivity contribution is 0.0697. The summed E-state index contributed by atoms with van der Waals surface area (Å²) in [5, 5.41) is 12.5. The van der Waals surface area contributed by atoms with E-state index in [1.165, 1.54) is 22.8 Å². The maximum absolute atomic E-state index is 13.9. The number of carboxylic acid groups (broad SMARTS) is 1. The number of rotatable bonds is 8. The van der Waals surface area contributed by atoms with Gasteiger partial charge in [-0.15, -0.1) is 0 Å². The summed E-state index contributed by atoms with van der Waals surface area (Å²) >= 11 is 0. The van der Waals surface area contributed by atoms with Gasteiger partial charge < -0.3 is 9.67 Å². The van der Waals surface area contributed by atoms with Gasteiger partial charge in [0.05, 0.1) is 5.56 Å². The average molecular weight is 485 g/mol.